The fourth-order valence-electron chi connectivity index (χ4n) is 5.14. The highest BCUT2D eigenvalue weighted by molar-refractivity contribution is 5.92. The summed E-state index contributed by atoms with van der Waals surface area (Å²) in [5.74, 6) is -0.639. The highest BCUT2D eigenvalue weighted by Crippen LogP contribution is 2.35. The van der Waals surface area contributed by atoms with E-state index in [1.165, 1.54) is 25.8 Å². The van der Waals surface area contributed by atoms with Crippen molar-refractivity contribution in [2.45, 2.75) is 70.3 Å². The minimum Gasteiger partial charge on any atom is -0.453 e. The van der Waals surface area contributed by atoms with Crippen LogP contribution in [0.15, 0.2) is 24.8 Å². The number of rotatable bonds is 8. The molecule has 5 N–H and O–H groups in total. The second kappa shape index (κ2) is 11.5. The van der Waals surface area contributed by atoms with Crippen LogP contribution < -0.4 is 26.6 Å². The van der Waals surface area contributed by atoms with Crippen molar-refractivity contribution in [1.82, 2.24) is 35.5 Å². The Morgan fingerprint density at radius 1 is 1.14 bits per heavy atom. The van der Waals surface area contributed by atoms with E-state index in [-0.39, 0.29) is 49.4 Å². The molecule has 2 fully saturated rings. The molecule has 1 aromatic carbocycles. The highest BCUT2D eigenvalue weighted by atomic mass is 19.1. The third kappa shape index (κ3) is 6.54. The average molecular weight is 598 g/mol. The molecular formula is C28H36FN9O5. The molecule has 2 aromatic heterocycles. The molecule has 3 heterocycles. The number of anilines is 2. The van der Waals surface area contributed by atoms with Crippen LogP contribution in [-0.2, 0) is 27.4 Å². The first-order chi connectivity index (χ1) is 20.4. The number of ether oxygens (including phenoxy) is 2. The minimum absolute atomic E-state index is 0.0696. The van der Waals surface area contributed by atoms with Gasteiger partial charge in [-0.2, -0.15) is 0 Å². The Morgan fingerprint density at radius 2 is 1.91 bits per heavy atom. The summed E-state index contributed by atoms with van der Waals surface area (Å²) in [6.45, 7) is 5.66. The zero-order valence-corrected chi connectivity index (χ0v) is 24.6. The number of amides is 3. The van der Waals surface area contributed by atoms with Crippen molar-refractivity contribution in [2.24, 2.45) is 0 Å². The van der Waals surface area contributed by atoms with Gasteiger partial charge in [0.1, 0.15) is 28.8 Å². The van der Waals surface area contributed by atoms with Gasteiger partial charge in [0.2, 0.25) is 5.91 Å². The van der Waals surface area contributed by atoms with Crippen molar-refractivity contribution >= 4 is 40.8 Å². The van der Waals surface area contributed by atoms with E-state index in [9.17, 15) is 14.4 Å². The van der Waals surface area contributed by atoms with Gasteiger partial charge >= 0.3 is 12.2 Å². The number of carbonyl (C=O) groups excluding carboxylic acids is 3. The first-order valence-corrected chi connectivity index (χ1v) is 14.0. The number of methoxy groups -OCH3 is 1. The van der Waals surface area contributed by atoms with Crippen molar-refractivity contribution in [1.29, 1.82) is 0 Å². The number of hydrogen-bond donors (Lipinski definition) is 4. The zero-order valence-electron chi connectivity index (χ0n) is 24.6. The normalized spacial score (nSPS) is 18.4. The molecule has 43 heavy (non-hydrogen) atoms. The van der Waals surface area contributed by atoms with Crippen molar-refractivity contribution in [2.75, 3.05) is 30.8 Å². The topological polar surface area (TPSA) is 179 Å². The van der Waals surface area contributed by atoms with Crippen molar-refractivity contribution in [3.63, 3.8) is 0 Å². The molecule has 0 spiro atoms. The van der Waals surface area contributed by atoms with Gasteiger partial charge in [-0.1, -0.05) is 0 Å². The van der Waals surface area contributed by atoms with E-state index < -0.39 is 29.1 Å². The number of fused-ring (bicyclic) bond motifs is 1. The summed E-state index contributed by atoms with van der Waals surface area (Å²) in [5, 5.41) is 8.42. The lowest BCUT2D eigenvalue weighted by Gasteiger charge is -2.32. The number of alkyl carbamates (subject to hydrolysis) is 2. The second-order valence-electron chi connectivity index (χ2n) is 11.8. The molecule has 0 unspecified atom stereocenters. The maximum absolute atomic E-state index is 15.4. The Balaban J connectivity index is 1.52. The summed E-state index contributed by atoms with van der Waals surface area (Å²) in [6.07, 6.45) is 3.47. The minimum atomic E-state index is -1.29. The van der Waals surface area contributed by atoms with Crippen LogP contribution >= 0.6 is 0 Å². The van der Waals surface area contributed by atoms with Gasteiger partial charge in [0, 0.05) is 35.9 Å². The zero-order chi connectivity index (χ0) is 30.9. The molecule has 5 rings (SSSR count). The molecule has 2 aliphatic rings. The van der Waals surface area contributed by atoms with Gasteiger partial charge in [-0.05, 0) is 52.2 Å². The van der Waals surface area contributed by atoms with E-state index in [1.54, 1.807) is 31.4 Å². The summed E-state index contributed by atoms with van der Waals surface area (Å²) in [7, 11) is 1.22. The number of nitrogens with one attached hydrogen (secondary N) is 3. The van der Waals surface area contributed by atoms with Crippen molar-refractivity contribution in [3.8, 4) is 0 Å². The lowest BCUT2D eigenvalue weighted by Crippen LogP contribution is -2.61. The molecule has 230 valence electrons. The number of imidazole rings is 1. The van der Waals surface area contributed by atoms with Crippen LogP contribution in [0.2, 0.25) is 0 Å². The molecule has 1 saturated heterocycles. The molecular weight excluding hydrogens is 561 g/mol. The first kappa shape index (κ1) is 29.8. The standard InChI is InChI=1S/C28H36FN9O5/c1-27(2,3)43-26(41)36-28(24(39)35-16-5-6-16)9-10-37(13-28)20-8-7-19(29)17(11-31-25(40)42-4)18(20)12-38-15-34-21-22(30)32-14-33-23(21)38/h7-8,14-16H,5-6,9-13H2,1-4H3,(H,31,40)(H,35,39)(H,36,41)(H2,30,32,33)/t28-/m1/s1. The van der Waals surface area contributed by atoms with E-state index in [2.05, 4.69) is 30.9 Å². The van der Waals surface area contributed by atoms with Gasteiger partial charge in [0.15, 0.2) is 11.5 Å². The first-order valence-electron chi connectivity index (χ1n) is 14.0. The predicted octanol–water partition coefficient (Wildman–Crippen LogP) is 2.20. The van der Waals surface area contributed by atoms with E-state index in [0.717, 1.165) is 12.8 Å². The van der Waals surface area contributed by atoms with Crippen LogP contribution in [-0.4, -0.2) is 75.0 Å². The summed E-state index contributed by atoms with van der Waals surface area (Å²) in [6, 6.07) is 3.00. The molecule has 1 aliphatic carbocycles. The van der Waals surface area contributed by atoms with Gasteiger partial charge in [-0.3, -0.25) is 4.79 Å². The fourth-order valence-corrected chi connectivity index (χ4v) is 5.14. The summed E-state index contributed by atoms with van der Waals surface area (Å²) in [5.41, 5.74) is 6.11. The summed E-state index contributed by atoms with van der Waals surface area (Å²) in [4.78, 5) is 52.9. The molecule has 3 amide bonds. The third-order valence-corrected chi connectivity index (χ3v) is 7.40. The molecule has 15 heteroatoms. The Kier molecular flexibility index (Phi) is 7.99. The maximum atomic E-state index is 15.4. The number of aromatic nitrogens is 4. The number of benzene rings is 1. The van der Waals surface area contributed by atoms with Crippen molar-refractivity contribution < 1.29 is 28.2 Å². The quantitative estimate of drug-likeness (QED) is 0.301. The number of carbonyl (C=O) groups is 3. The number of hydrogen-bond acceptors (Lipinski definition) is 10. The lowest BCUT2D eigenvalue weighted by atomic mass is 9.97. The molecule has 1 aliphatic heterocycles. The van der Waals surface area contributed by atoms with Gasteiger partial charge in [-0.25, -0.2) is 28.9 Å². The Hall–Kier alpha value is -4.69. The highest BCUT2D eigenvalue weighted by Gasteiger charge is 2.48. The Bertz CT molecular complexity index is 1550. The number of halogens is 1. The van der Waals surface area contributed by atoms with Crippen LogP contribution in [0.4, 0.5) is 25.5 Å². The third-order valence-electron chi connectivity index (χ3n) is 7.40. The van der Waals surface area contributed by atoms with Gasteiger partial charge in [-0.15, -0.1) is 0 Å². The summed E-state index contributed by atoms with van der Waals surface area (Å²) >= 11 is 0. The van der Waals surface area contributed by atoms with E-state index >= 15 is 4.39 Å². The van der Waals surface area contributed by atoms with Crippen molar-refractivity contribution in [3.05, 3.63) is 41.7 Å². The second-order valence-corrected chi connectivity index (χ2v) is 11.8. The van der Waals surface area contributed by atoms with Crippen LogP contribution in [0.3, 0.4) is 0 Å². The van der Waals surface area contributed by atoms with Crippen LogP contribution in [0, 0.1) is 5.82 Å². The molecule has 14 nitrogen and oxygen atoms in total. The number of nitrogens with two attached hydrogens (primary N) is 1. The Morgan fingerprint density at radius 3 is 2.60 bits per heavy atom. The lowest BCUT2D eigenvalue weighted by molar-refractivity contribution is -0.127. The smallest absolute Gasteiger partial charge is 0.408 e. The molecule has 0 radical (unpaired) electrons. The van der Waals surface area contributed by atoms with E-state index in [1.807, 2.05) is 4.90 Å². The fraction of sp³-hybridized carbons (Fsp3) is 0.500. The number of nitrogen functional groups attached to an aromatic ring is 1. The van der Waals surface area contributed by atoms with E-state index in [4.69, 9.17) is 15.2 Å². The van der Waals surface area contributed by atoms with Crippen LogP contribution in [0.25, 0.3) is 11.2 Å². The van der Waals surface area contributed by atoms with Gasteiger partial charge in [0.25, 0.3) is 0 Å². The number of nitrogens with zero attached hydrogens (tertiary/aromatic N) is 5. The molecule has 1 saturated carbocycles. The average Bonchev–Trinajstić information content (AvgIpc) is 3.50. The maximum Gasteiger partial charge on any atom is 0.408 e. The van der Waals surface area contributed by atoms with Gasteiger partial charge in [0.05, 0.1) is 26.5 Å². The molecule has 1 atom stereocenters. The largest absolute Gasteiger partial charge is 0.453 e. The van der Waals surface area contributed by atoms with Gasteiger partial charge < -0.3 is 40.6 Å². The van der Waals surface area contributed by atoms with Crippen LogP contribution in [0.1, 0.15) is 51.2 Å². The molecule has 0 bridgehead atoms. The summed E-state index contributed by atoms with van der Waals surface area (Å²) < 4.78 is 27.3. The predicted molar refractivity (Wildman–Crippen MR) is 155 cm³/mol. The SMILES string of the molecule is COC(=O)NCc1c(F)ccc(N2CC[C@](NC(=O)OC(C)(C)C)(C(=O)NC3CC3)C2)c1Cn1cnc2c(N)ncnc21. The molecule has 3 aromatic rings. The monoisotopic (exact) mass is 597 g/mol. The Labute approximate surface area is 247 Å². The van der Waals surface area contributed by atoms with Crippen LogP contribution in [0.5, 0.6) is 0 Å². The van der Waals surface area contributed by atoms with E-state index in [0.29, 0.717) is 29.0 Å².